The van der Waals surface area contributed by atoms with Crippen LogP contribution in [0.2, 0.25) is 0 Å². The molecule has 2 heterocycles. The molecule has 1 aliphatic heterocycles. The van der Waals surface area contributed by atoms with Crippen LogP contribution in [-0.2, 0) is 4.79 Å². The van der Waals surface area contributed by atoms with Gasteiger partial charge in [-0.15, -0.1) is 6.58 Å². The number of urea groups is 1. The number of rotatable bonds is 5. The van der Waals surface area contributed by atoms with Crippen molar-refractivity contribution in [3.05, 3.63) is 42.8 Å². The Balaban J connectivity index is 1.47. The van der Waals surface area contributed by atoms with Gasteiger partial charge in [0.2, 0.25) is 5.91 Å². The van der Waals surface area contributed by atoms with E-state index in [1.807, 2.05) is 29.2 Å². The summed E-state index contributed by atoms with van der Waals surface area (Å²) < 4.78 is 5.84. The molecule has 0 unspecified atom stereocenters. The molecule has 1 fully saturated rings. The first-order chi connectivity index (χ1) is 12.2. The molecule has 0 radical (unpaired) electrons. The van der Waals surface area contributed by atoms with E-state index in [-0.39, 0.29) is 18.4 Å². The van der Waals surface area contributed by atoms with Crippen molar-refractivity contribution in [1.82, 2.24) is 20.5 Å². The van der Waals surface area contributed by atoms with Crippen LogP contribution in [0, 0.1) is 0 Å². The third kappa shape index (κ3) is 4.45. The van der Waals surface area contributed by atoms with E-state index in [1.54, 1.807) is 6.08 Å². The van der Waals surface area contributed by atoms with Crippen molar-refractivity contribution in [2.75, 3.05) is 26.2 Å². The number of carbonyl (C=O) groups excluding carboxylic acids is 2. The van der Waals surface area contributed by atoms with Gasteiger partial charge < -0.3 is 9.73 Å². The van der Waals surface area contributed by atoms with E-state index in [0.29, 0.717) is 6.54 Å². The van der Waals surface area contributed by atoms with Crippen LogP contribution in [-0.4, -0.2) is 48.0 Å². The number of fused-ring (bicyclic) bond motifs is 1. The summed E-state index contributed by atoms with van der Waals surface area (Å²) in [5.74, 6) is 0.735. The number of oxazole rings is 1. The molecule has 1 aromatic carbocycles. The quantitative estimate of drug-likeness (QED) is 0.812. The number of hydrogen-bond acceptors (Lipinski definition) is 5. The molecule has 0 aliphatic carbocycles. The van der Waals surface area contributed by atoms with E-state index < -0.39 is 6.03 Å². The maximum Gasteiger partial charge on any atom is 0.321 e. The van der Waals surface area contributed by atoms with Crippen LogP contribution in [0.1, 0.15) is 24.7 Å². The Labute approximate surface area is 146 Å². The van der Waals surface area contributed by atoms with Gasteiger partial charge in [-0.1, -0.05) is 18.2 Å². The highest BCUT2D eigenvalue weighted by Gasteiger charge is 2.25. The van der Waals surface area contributed by atoms with Crippen molar-refractivity contribution in [1.29, 1.82) is 0 Å². The number of imide groups is 1. The van der Waals surface area contributed by atoms with Crippen molar-refractivity contribution in [3.8, 4) is 0 Å². The molecule has 132 valence electrons. The second-order valence-corrected chi connectivity index (χ2v) is 6.12. The highest BCUT2D eigenvalue weighted by Crippen LogP contribution is 2.29. The maximum absolute atomic E-state index is 11.9. The first-order valence-corrected chi connectivity index (χ1v) is 8.42. The molecule has 7 heteroatoms. The van der Waals surface area contributed by atoms with Crippen LogP contribution in [0.15, 0.2) is 41.3 Å². The fraction of sp³-hybridized carbons (Fsp3) is 0.389. The van der Waals surface area contributed by atoms with Gasteiger partial charge in [0.15, 0.2) is 11.5 Å². The molecule has 3 amide bonds. The van der Waals surface area contributed by atoms with Gasteiger partial charge in [0.25, 0.3) is 0 Å². The molecule has 25 heavy (non-hydrogen) atoms. The highest BCUT2D eigenvalue weighted by atomic mass is 16.3. The number of amides is 3. The van der Waals surface area contributed by atoms with Gasteiger partial charge >= 0.3 is 6.03 Å². The molecule has 1 aliphatic rings. The van der Waals surface area contributed by atoms with E-state index >= 15 is 0 Å². The summed E-state index contributed by atoms with van der Waals surface area (Å²) >= 11 is 0. The summed E-state index contributed by atoms with van der Waals surface area (Å²) in [5.41, 5.74) is 1.69. The summed E-state index contributed by atoms with van der Waals surface area (Å²) in [6.45, 7) is 5.58. The van der Waals surface area contributed by atoms with Crippen molar-refractivity contribution < 1.29 is 14.0 Å². The summed E-state index contributed by atoms with van der Waals surface area (Å²) in [6.07, 6.45) is 3.31. The van der Waals surface area contributed by atoms with Gasteiger partial charge in [0, 0.05) is 12.5 Å². The van der Waals surface area contributed by atoms with Crippen molar-refractivity contribution in [2.24, 2.45) is 0 Å². The lowest BCUT2D eigenvalue weighted by Crippen LogP contribution is -2.46. The number of piperidine rings is 1. The zero-order valence-corrected chi connectivity index (χ0v) is 14.0. The summed E-state index contributed by atoms with van der Waals surface area (Å²) in [4.78, 5) is 29.9. The average molecular weight is 342 g/mol. The number of para-hydroxylation sites is 2. The molecule has 0 atom stereocenters. The Kier molecular flexibility index (Phi) is 5.45. The SMILES string of the molecule is C=CCNC(=O)NC(=O)CN1CCC(c2nc3ccccc3o2)CC1. The van der Waals surface area contributed by atoms with Crippen LogP contribution in [0.3, 0.4) is 0 Å². The summed E-state index contributed by atoms with van der Waals surface area (Å²) in [6, 6.07) is 7.25. The molecule has 2 aromatic rings. The monoisotopic (exact) mass is 342 g/mol. The number of aromatic nitrogens is 1. The van der Waals surface area contributed by atoms with Gasteiger partial charge in [-0.3, -0.25) is 15.0 Å². The second kappa shape index (κ2) is 7.94. The van der Waals surface area contributed by atoms with Crippen LogP contribution >= 0.6 is 0 Å². The minimum absolute atomic E-state index is 0.210. The molecular formula is C18H22N4O3. The molecule has 2 N–H and O–H groups in total. The zero-order chi connectivity index (χ0) is 17.6. The molecule has 7 nitrogen and oxygen atoms in total. The Morgan fingerprint density at radius 1 is 1.32 bits per heavy atom. The smallest absolute Gasteiger partial charge is 0.321 e. The van der Waals surface area contributed by atoms with Gasteiger partial charge in [-0.2, -0.15) is 0 Å². The van der Waals surface area contributed by atoms with Crippen molar-refractivity contribution in [2.45, 2.75) is 18.8 Å². The van der Waals surface area contributed by atoms with E-state index in [9.17, 15) is 9.59 Å². The lowest BCUT2D eigenvalue weighted by Gasteiger charge is -2.29. The standard InChI is InChI=1S/C18H22N4O3/c1-2-9-19-18(24)21-16(23)12-22-10-7-13(8-11-22)17-20-14-5-3-4-6-15(14)25-17/h2-6,13H,1,7-12H2,(H2,19,21,23,24). The number of nitrogens with one attached hydrogen (secondary N) is 2. The Hall–Kier alpha value is -2.67. The van der Waals surface area contributed by atoms with Gasteiger partial charge in [0.1, 0.15) is 5.52 Å². The average Bonchev–Trinajstić information content (AvgIpc) is 3.04. The first kappa shape index (κ1) is 17.2. The predicted octanol–water partition coefficient (Wildman–Crippen LogP) is 2.02. The molecule has 3 rings (SSSR count). The van der Waals surface area contributed by atoms with Crippen LogP contribution in [0.5, 0.6) is 0 Å². The van der Waals surface area contributed by atoms with Crippen LogP contribution in [0.4, 0.5) is 4.79 Å². The van der Waals surface area contributed by atoms with E-state index in [0.717, 1.165) is 42.9 Å². The zero-order valence-electron chi connectivity index (χ0n) is 14.0. The van der Waals surface area contributed by atoms with Crippen LogP contribution < -0.4 is 10.6 Å². The minimum atomic E-state index is -0.494. The molecule has 0 spiro atoms. The molecule has 1 aromatic heterocycles. The fourth-order valence-corrected chi connectivity index (χ4v) is 2.98. The Bertz CT molecular complexity index is 730. The van der Waals surface area contributed by atoms with E-state index in [2.05, 4.69) is 22.2 Å². The van der Waals surface area contributed by atoms with Gasteiger partial charge in [-0.25, -0.2) is 9.78 Å². The predicted molar refractivity (Wildman–Crippen MR) is 94.2 cm³/mol. The Morgan fingerprint density at radius 3 is 2.80 bits per heavy atom. The lowest BCUT2D eigenvalue weighted by atomic mass is 9.97. The van der Waals surface area contributed by atoms with E-state index in [1.165, 1.54) is 0 Å². The first-order valence-electron chi connectivity index (χ1n) is 8.42. The summed E-state index contributed by atoms with van der Waals surface area (Å²) in [5, 5.41) is 4.83. The second-order valence-electron chi connectivity index (χ2n) is 6.12. The lowest BCUT2D eigenvalue weighted by molar-refractivity contribution is -0.121. The third-order valence-corrected chi connectivity index (χ3v) is 4.27. The number of nitrogens with zero attached hydrogens (tertiary/aromatic N) is 2. The van der Waals surface area contributed by atoms with E-state index in [4.69, 9.17) is 4.42 Å². The van der Waals surface area contributed by atoms with Crippen molar-refractivity contribution in [3.63, 3.8) is 0 Å². The molecule has 1 saturated heterocycles. The summed E-state index contributed by atoms with van der Waals surface area (Å²) in [7, 11) is 0. The number of benzene rings is 1. The van der Waals surface area contributed by atoms with Crippen molar-refractivity contribution >= 4 is 23.0 Å². The van der Waals surface area contributed by atoms with Gasteiger partial charge in [-0.05, 0) is 38.1 Å². The topological polar surface area (TPSA) is 87.5 Å². The van der Waals surface area contributed by atoms with Crippen LogP contribution in [0.25, 0.3) is 11.1 Å². The number of carbonyl (C=O) groups is 2. The maximum atomic E-state index is 11.9. The van der Waals surface area contributed by atoms with Gasteiger partial charge in [0.05, 0.1) is 6.54 Å². The Morgan fingerprint density at radius 2 is 2.08 bits per heavy atom. The number of likely N-dealkylation sites (tertiary alicyclic amines) is 1. The largest absolute Gasteiger partial charge is 0.440 e. The fourth-order valence-electron chi connectivity index (χ4n) is 2.98. The normalized spacial score (nSPS) is 15.8. The third-order valence-electron chi connectivity index (χ3n) is 4.27. The number of hydrogen-bond donors (Lipinski definition) is 2. The molecule has 0 bridgehead atoms. The highest BCUT2D eigenvalue weighted by molar-refractivity contribution is 5.95. The molecular weight excluding hydrogens is 320 g/mol. The molecule has 0 saturated carbocycles. The minimum Gasteiger partial charge on any atom is -0.440 e.